The molecule has 1 saturated heterocycles. The molecule has 0 bridgehead atoms. The number of carbonyl (C=O) groups excluding carboxylic acids is 2. The average molecular weight is 461 g/mol. The highest BCUT2D eigenvalue weighted by atomic mass is 19.1. The molecule has 8 nitrogen and oxygen atoms in total. The summed E-state index contributed by atoms with van der Waals surface area (Å²) in [6, 6.07) is 14.6. The largest absolute Gasteiger partial charge is 0.459 e. The van der Waals surface area contributed by atoms with Gasteiger partial charge in [-0.3, -0.25) is 14.2 Å². The molecule has 1 amide bonds. The van der Waals surface area contributed by atoms with Crippen LogP contribution in [-0.2, 0) is 16.1 Å². The highest BCUT2D eigenvalue weighted by Gasteiger charge is 2.36. The number of hydrogen-bond acceptors (Lipinski definition) is 6. The zero-order valence-corrected chi connectivity index (χ0v) is 18.0. The normalized spacial score (nSPS) is 15.6. The van der Waals surface area contributed by atoms with Crippen molar-refractivity contribution in [3.63, 3.8) is 0 Å². The molecule has 0 radical (unpaired) electrons. The predicted octanol–water partition coefficient (Wildman–Crippen LogP) is 3.47. The highest BCUT2D eigenvalue weighted by Crippen LogP contribution is 2.22. The third kappa shape index (κ3) is 3.96. The van der Waals surface area contributed by atoms with Crippen molar-refractivity contribution in [2.45, 2.75) is 25.5 Å². The van der Waals surface area contributed by atoms with Crippen LogP contribution in [0.3, 0.4) is 0 Å². The zero-order chi connectivity index (χ0) is 23.7. The first-order chi connectivity index (χ1) is 16.5. The third-order valence-electron chi connectivity index (χ3n) is 5.79. The molecule has 0 saturated carbocycles. The fourth-order valence-electron chi connectivity index (χ4n) is 4.16. The van der Waals surface area contributed by atoms with Gasteiger partial charge in [0, 0.05) is 6.54 Å². The number of esters is 1. The van der Waals surface area contributed by atoms with Crippen LogP contribution in [0, 0.1) is 5.82 Å². The Kier molecular flexibility index (Phi) is 5.67. The minimum Gasteiger partial charge on any atom is -0.459 e. The molecular formula is C25H20FN3O5. The number of halogens is 1. The van der Waals surface area contributed by atoms with E-state index in [2.05, 4.69) is 4.98 Å². The Morgan fingerprint density at radius 1 is 1.09 bits per heavy atom. The summed E-state index contributed by atoms with van der Waals surface area (Å²) in [6.45, 7) is 0.114. The van der Waals surface area contributed by atoms with Crippen LogP contribution < -0.4 is 5.56 Å². The number of benzene rings is 2. The van der Waals surface area contributed by atoms with Gasteiger partial charge in [0.25, 0.3) is 11.5 Å². The van der Waals surface area contributed by atoms with Gasteiger partial charge in [-0.15, -0.1) is 0 Å². The maximum atomic E-state index is 13.5. The van der Waals surface area contributed by atoms with E-state index < -0.39 is 17.8 Å². The minimum atomic E-state index is -0.760. The first kappa shape index (κ1) is 21.6. The van der Waals surface area contributed by atoms with Gasteiger partial charge in [-0.1, -0.05) is 12.1 Å². The number of furan rings is 1. The SMILES string of the molecule is O=C(OCc1nc2ccccc2c(=O)n1-c1ccc(F)cc1)[C@H]1CCCN1C(=O)c1ccco1. The van der Waals surface area contributed by atoms with Crippen molar-refractivity contribution in [3.05, 3.63) is 94.7 Å². The molecule has 1 aliphatic heterocycles. The van der Waals surface area contributed by atoms with Crippen LogP contribution in [0.2, 0.25) is 0 Å². The highest BCUT2D eigenvalue weighted by molar-refractivity contribution is 5.95. The van der Waals surface area contributed by atoms with Gasteiger partial charge in [-0.25, -0.2) is 14.2 Å². The maximum Gasteiger partial charge on any atom is 0.329 e. The van der Waals surface area contributed by atoms with E-state index in [1.807, 2.05) is 0 Å². The van der Waals surface area contributed by atoms with Crippen molar-refractivity contribution < 1.29 is 23.1 Å². The second-order valence-corrected chi connectivity index (χ2v) is 7.90. The number of rotatable bonds is 5. The number of nitrogens with zero attached hydrogens (tertiary/aromatic N) is 3. The van der Waals surface area contributed by atoms with Crippen LogP contribution in [0.1, 0.15) is 29.2 Å². The van der Waals surface area contributed by atoms with E-state index in [1.165, 1.54) is 40.0 Å². The van der Waals surface area contributed by atoms with Crippen LogP contribution in [0.4, 0.5) is 4.39 Å². The second-order valence-electron chi connectivity index (χ2n) is 7.90. The van der Waals surface area contributed by atoms with E-state index in [9.17, 15) is 18.8 Å². The van der Waals surface area contributed by atoms with Gasteiger partial charge >= 0.3 is 5.97 Å². The lowest BCUT2D eigenvalue weighted by molar-refractivity contribution is -0.149. The zero-order valence-electron chi connectivity index (χ0n) is 18.0. The van der Waals surface area contributed by atoms with Crippen molar-refractivity contribution >= 4 is 22.8 Å². The van der Waals surface area contributed by atoms with Gasteiger partial charge in [0.2, 0.25) is 0 Å². The average Bonchev–Trinajstić information content (AvgIpc) is 3.56. The molecule has 9 heteroatoms. The van der Waals surface area contributed by atoms with Gasteiger partial charge in [0.1, 0.15) is 18.5 Å². The molecule has 34 heavy (non-hydrogen) atoms. The lowest BCUT2D eigenvalue weighted by atomic mass is 10.2. The topological polar surface area (TPSA) is 94.6 Å². The van der Waals surface area contributed by atoms with Gasteiger partial charge in [0.15, 0.2) is 11.6 Å². The number of para-hydroxylation sites is 1. The van der Waals surface area contributed by atoms with Crippen LogP contribution in [0.25, 0.3) is 16.6 Å². The van der Waals surface area contributed by atoms with Crippen molar-refractivity contribution in [2.24, 2.45) is 0 Å². The minimum absolute atomic E-state index is 0.154. The summed E-state index contributed by atoms with van der Waals surface area (Å²) in [7, 11) is 0. The number of hydrogen-bond donors (Lipinski definition) is 0. The first-order valence-electron chi connectivity index (χ1n) is 10.8. The van der Waals surface area contributed by atoms with Gasteiger partial charge in [-0.05, 0) is 61.4 Å². The quantitative estimate of drug-likeness (QED) is 0.423. The number of fused-ring (bicyclic) bond motifs is 1. The summed E-state index contributed by atoms with van der Waals surface area (Å²) >= 11 is 0. The fraction of sp³-hybridized carbons (Fsp3) is 0.200. The van der Waals surface area contributed by atoms with E-state index in [0.29, 0.717) is 36.0 Å². The van der Waals surface area contributed by atoms with E-state index in [0.717, 1.165) is 0 Å². The third-order valence-corrected chi connectivity index (χ3v) is 5.79. The standard InChI is InChI=1S/C25H20FN3O5/c26-16-9-11-17(12-10-16)29-22(27-19-6-2-1-5-18(19)23(29)30)15-34-25(32)20-7-3-13-28(20)24(31)21-8-4-14-33-21/h1-2,4-6,8-12,14,20H,3,7,13,15H2/t20-/m1/s1. The molecule has 1 aliphatic rings. The van der Waals surface area contributed by atoms with Crippen molar-refractivity contribution in [2.75, 3.05) is 6.54 Å². The Balaban J connectivity index is 1.44. The first-order valence-corrected chi connectivity index (χ1v) is 10.8. The van der Waals surface area contributed by atoms with Gasteiger partial charge in [0.05, 0.1) is 22.9 Å². The Hall–Kier alpha value is -4.27. The molecule has 5 rings (SSSR count). The summed E-state index contributed by atoms with van der Waals surface area (Å²) in [4.78, 5) is 44.8. The second kappa shape index (κ2) is 8.93. The van der Waals surface area contributed by atoms with Crippen molar-refractivity contribution in [3.8, 4) is 5.69 Å². The fourth-order valence-corrected chi connectivity index (χ4v) is 4.16. The monoisotopic (exact) mass is 461 g/mol. The number of carbonyl (C=O) groups is 2. The molecule has 3 heterocycles. The van der Waals surface area contributed by atoms with Crippen molar-refractivity contribution in [1.29, 1.82) is 0 Å². The molecular weight excluding hydrogens is 441 g/mol. The van der Waals surface area contributed by atoms with E-state index in [4.69, 9.17) is 9.15 Å². The van der Waals surface area contributed by atoms with Crippen LogP contribution >= 0.6 is 0 Å². The summed E-state index contributed by atoms with van der Waals surface area (Å²) in [5.74, 6) is -1.07. The number of amides is 1. The Labute approximate surface area is 193 Å². The molecule has 4 aromatic rings. The van der Waals surface area contributed by atoms with Crippen LogP contribution in [0.15, 0.2) is 76.1 Å². The molecule has 0 N–H and O–H groups in total. The number of aromatic nitrogens is 2. The Morgan fingerprint density at radius 2 is 1.88 bits per heavy atom. The maximum absolute atomic E-state index is 13.5. The predicted molar refractivity (Wildman–Crippen MR) is 120 cm³/mol. The van der Waals surface area contributed by atoms with Gasteiger partial charge < -0.3 is 14.1 Å². The Morgan fingerprint density at radius 3 is 2.65 bits per heavy atom. The summed E-state index contributed by atoms with van der Waals surface area (Å²) in [5, 5.41) is 0.382. The van der Waals surface area contributed by atoms with E-state index in [1.54, 1.807) is 36.4 Å². The molecule has 172 valence electrons. The van der Waals surface area contributed by atoms with E-state index in [-0.39, 0.29) is 29.7 Å². The molecule has 0 aliphatic carbocycles. The lowest BCUT2D eigenvalue weighted by Crippen LogP contribution is -2.41. The summed E-state index contributed by atoms with van der Waals surface area (Å²) < 4.78 is 25.5. The molecule has 2 aromatic heterocycles. The van der Waals surface area contributed by atoms with Crippen molar-refractivity contribution in [1.82, 2.24) is 14.5 Å². The molecule has 0 spiro atoms. The molecule has 1 atom stereocenters. The lowest BCUT2D eigenvalue weighted by Gasteiger charge is -2.22. The molecule has 2 aromatic carbocycles. The van der Waals surface area contributed by atoms with Crippen LogP contribution in [-0.4, -0.2) is 38.9 Å². The van der Waals surface area contributed by atoms with Crippen LogP contribution in [0.5, 0.6) is 0 Å². The number of likely N-dealkylation sites (tertiary alicyclic amines) is 1. The number of ether oxygens (including phenoxy) is 1. The molecule has 1 fully saturated rings. The Bertz CT molecular complexity index is 1410. The smallest absolute Gasteiger partial charge is 0.329 e. The summed E-state index contributed by atoms with van der Waals surface area (Å²) in [6.07, 6.45) is 2.51. The van der Waals surface area contributed by atoms with E-state index >= 15 is 0 Å². The molecule has 0 unspecified atom stereocenters. The summed E-state index contributed by atoms with van der Waals surface area (Å²) in [5.41, 5.74) is 0.484. The van der Waals surface area contributed by atoms with Gasteiger partial charge in [-0.2, -0.15) is 0 Å².